The second-order valence-electron chi connectivity index (χ2n) is 3.48. The van der Waals surface area contributed by atoms with E-state index in [0.29, 0.717) is 12.1 Å². The molecular weight excluding hydrogens is 192 g/mol. The van der Waals surface area contributed by atoms with Gasteiger partial charge in [0.05, 0.1) is 0 Å². The van der Waals surface area contributed by atoms with Crippen LogP contribution in [-0.2, 0) is 0 Å². The summed E-state index contributed by atoms with van der Waals surface area (Å²) in [6.45, 7) is 0.324. The summed E-state index contributed by atoms with van der Waals surface area (Å²) in [6, 6.07) is 8.78. The van der Waals surface area contributed by atoms with Gasteiger partial charge in [0.1, 0.15) is 5.71 Å². The van der Waals surface area contributed by atoms with Crippen LogP contribution in [0.4, 0.5) is 0 Å². The third-order valence-electron chi connectivity index (χ3n) is 1.88. The van der Waals surface area contributed by atoms with Crippen molar-refractivity contribution in [1.82, 2.24) is 4.90 Å². The van der Waals surface area contributed by atoms with Gasteiger partial charge in [0.25, 0.3) is 0 Å². The zero-order valence-electron chi connectivity index (χ0n) is 8.84. The molecule has 1 rings (SSSR count). The normalized spacial score (nSPS) is 11.8. The van der Waals surface area contributed by atoms with Gasteiger partial charge in [-0.15, -0.1) is 0 Å². The Morgan fingerprint density at radius 2 is 1.93 bits per heavy atom. The first-order valence-electron chi connectivity index (χ1n) is 4.60. The highest BCUT2D eigenvalue weighted by Gasteiger charge is 2.14. The molecule has 0 radical (unpaired) electrons. The molecule has 0 aliphatic heterocycles. The van der Waals surface area contributed by atoms with Gasteiger partial charge in [-0.1, -0.05) is 35.5 Å². The summed E-state index contributed by atoms with van der Waals surface area (Å²) >= 11 is 0. The molecule has 0 heterocycles. The maximum Gasteiger partial charge on any atom is 0.211 e. The number of benzene rings is 1. The Labute approximate surface area is 88.8 Å². The smallest absolute Gasteiger partial charge is 0.211 e. The number of ketones is 1. The molecule has 1 aromatic carbocycles. The van der Waals surface area contributed by atoms with Crippen LogP contribution in [-0.4, -0.2) is 42.2 Å². The number of rotatable bonds is 4. The van der Waals surface area contributed by atoms with Crippen LogP contribution in [0.25, 0.3) is 0 Å². The largest absolute Gasteiger partial charge is 0.410 e. The molecular formula is C11H14N2O2. The number of hydrogen-bond acceptors (Lipinski definition) is 4. The maximum absolute atomic E-state index is 11.8. The highest BCUT2D eigenvalue weighted by Crippen LogP contribution is 2.02. The molecule has 80 valence electrons. The van der Waals surface area contributed by atoms with Gasteiger partial charge >= 0.3 is 0 Å². The molecule has 0 aliphatic carbocycles. The van der Waals surface area contributed by atoms with Gasteiger partial charge in [0.2, 0.25) is 5.78 Å². The van der Waals surface area contributed by atoms with E-state index >= 15 is 0 Å². The van der Waals surface area contributed by atoms with E-state index in [1.165, 1.54) is 0 Å². The predicted molar refractivity (Wildman–Crippen MR) is 58.5 cm³/mol. The number of carbonyl (C=O) groups excluding carboxylic acids is 1. The first-order chi connectivity index (χ1) is 7.15. The summed E-state index contributed by atoms with van der Waals surface area (Å²) in [6.07, 6.45) is 0. The van der Waals surface area contributed by atoms with Gasteiger partial charge in [-0.25, -0.2) is 0 Å². The summed E-state index contributed by atoms with van der Waals surface area (Å²) in [7, 11) is 3.62. The molecule has 0 aromatic heterocycles. The Kier molecular flexibility index (Phi) is 4.00. The first kappa shape index (κ1) is 11.4. The molecule has 0 bridgehead atoms. The van der Waals surface area contributed by atoms with E-state index in [-0.39, 0.29) is 11.5 Å². The van der Waals surface area contributed by atoms with Crippen molar-refractivity contribution in [1.29, 1.82) is 0 Å². The van der Waals surface area contributed by atoms with Crippen molar-refractivity contribution in [2.45, 2.75) is 0 Å². The van der Waals surface area contributed by atoms with Crippen LogP contribution in [0.1, 0.15) is 10.4 Å². The van der Waals surface area contributed by atoms with Crippen LogP contribution in [0.3, 0.4) is 0 Å². The van der Waals surface area contributed by atoms with Crippen molar-refractivity contribution in [3.8, 4) is 0 Å². The molecule has 4 nitrogen and oxygen atoms in total. The Hall–Kier alpha value is -1.68. The minimum atomic E-state index is -0.244. The van der Waals surface area contributed by atoms with Gasteiger partial charge in [0.15, 0.2) is 0 Å². The van der Waals surface area contributed by atoms with E-state index in [1.807, 2.05) is 20.2 Å². The lowest BCUT2D eigenvalue weighted by Gasteiger charge is -2.09. The SMILES string of the molecule is CN(C)C/C(=N/O)C(=O)c1ccccc1. The van der Waals surface area contributed by atoms with Gasteiger partial charge in [-0.2, -0.15) is 0 Å². The molecule has 15 heavy (non-hydrogen) atoms. The second-order valence-corrected chi connectivity index (χ2v) is 3.48. The van der Waals surface area contributed by atoms with Crippen molar-refractivity contribution in [3.05, 3.63) is 35.9 Å². The lowest BCUT2D eigenvalue weighted by Crippen LogP contribution is -2.28. The number of oxime groups is 1. The molecule has 0 spiro atoms. The van der Waals surface area contributed by atoms with Crippen molar-refractivity contribution in [2.24, 2.45) is 5.16 Å². The van der Waals surface area contributed by atoms with E-state index in [2.05, 4.69) is 5.16 Å². The number of nitrogens with zero attached hydrogens (tertiary/aromatic N) is 2. The quantitative estimate of drug-likeness (QED) is 0.349. The molecule has 1 N–H and O–H groups in total. The highest BCUT2D eigenvalue weighted by atomic mass is 16.4. The van der Waals surface area contributed by atoms with Crippen LogP contribution in [0, 0.1) is 0 Å². The molecule has 0 saturated heterocycles. The van der Waals surface area contributed by atoms with Crippen molar-refractivity contribution >= 4 is 11.5 Å². The number of hydrogen-bond donors (Lipinski definition) is 1. The Morgan fingerprint density at radius 1 is 1.33 bits per heavy atom. The Morgan fingerprint density at radius 3 is 2.40 bits per heavy atom. The molecule has 0 aliphatic rings. The third-order valence-corrected chi connectivity index (χ3v) is 1.88. The summed E-state index contributed by atoms with van der Waals surface area (Å²) in [4.78, 5) is 13.6. The van der Waals surface area contributed by atoms with Gasteiger partial charge in [-0.3, -0.25) is 4.79 Å². The fraction of sp³-hybridized carbons (Fsp3) is 0.273. The maximum atomic E-state index is 11.8. The summed E-state index contributed by atoms with van der Waals surface area (Å²) < 4.78 is 0. The zero-order valence-corrected chi connectivity index (χ0v) is 8.84. The van der Waals surface area contributed by atoms with Crippen LogP contribution in [0.5, 0.6) is 0 Å². The van der Waals surface area contributed by atoms with E-state index in [9.17, 15) is 4.79 Å². The average Bonchev–Trinajstić information content (AvgIpc) is 2.26. The molecule has 0 amide bonds. The molecule has 0 unspecified atom stereocenters. The standard InChI is InChI=1S/C11H14N2O2/c1-13(2)8-10(12-15)11(14)9-6-4-3-5-7-9/h3-7,15H,8H2,1-2H3/b12-10-. The van der Waals surface area contributed by atoms with Crippen molar-refractivity contribution in [3.63, 3.8) is 0 Å². The van der Waals surface area contributed by atoms with Gasteiger partial charge < -0.3 is 10.1 Å². The summed E-state index contributed by atoms with van der Waals surface area (Å²) in [5, 5.41) is 11.8. The first-order valence-corrected chi connectivity index (χ1v) is 4.60. The van der Waals surface area contributed by atoms with E-state index in [1.54, 1.807) is 29.2 Å². The molecule has 0 fully saturated rings. The van der Waals surface area contributed by atoms with E-state index < -0.39 is 0 Å². The van der Waals surface area contributed by atoms with Gasteiger partial charge in [-0.05, 0) is 14.1 Å². The Balaban J connectivity index is 2.84. The molecule has 4 heteroatoms. The lowest BCUT2D eigenvalue weighted by atomic mass is 10.1. The fourth-order valence-corrected chi connectivity index (χ4v) is 1.20. The number of carbonyl (C=O) groups is 1. The monoisotopic (exact) mass is 206 g/mol. The van der Waals surface area contributed by atoms with Crippen LogP contribution in [0.15, 0.2) is 35.5 Å². The van der Waals surface area contributed by atoms with Crippen LogP contribution in [0.2, 0.25) is 0 Å². The third kappa shape index (κ3) is 3.18. The van der Waals surface area contributed by atoms with Crippen LogP contribution >= 0.6 is 0 Å². The minimum absolute atomic E-state index is 0.145. The average molecular weight is 206 g/mol. The van der Waals surface area contributed by atoms with Crippen LogP contribution < -0.4 is 0 Å². The summed E-state index contributed by atoms with van der Waals surface area (Å²) in [5.74, 6) is -0.244. The Bertz CT molecular complexity index is 358. The van der Waals surface area contributed by atoms with Crippen molar-refractivity contribution in [2.75, 3.05) is 20.6 Å². The summed E-state index contributed by atoms with van der Waals surface area (Å²) in [5.41, 5.74) is 0.679. The molecule has 0 saturated carbocycles. The molecule has 0 atom stereocenters. The molecule has 1 aromatic rings. The van der Waals surface area contributed by atoms with E-state index in [0.717, 1.165) is 0 Å². The zero-order chi connectivity index (χ0) is 11.3. The number of Topliss-reactive ketones (excluding diaryl/α,β-unsaturated/α-hetero) is 1. The lowest BCUT2D eigenvalue weighted by molar-refractivity contribution is 0.105. The minimum Gasteiger partial charge on any atom is -0.410 e. The highest BCUT2D eigenvalue weighted by molar-refractivity contribution is 6.46. The van der Waals surface area contributed by atoms with Crippen molar-refractivity contribution < 1.29 is 10.0 Å². The van der Waals surface area contributed by atoms with Gasteiger partial charge in [0, 0.05) is 12.1 Å². The van der Waals surface area contributed by atoms with E-state index in [4.69, 9.17) is 5.21 Å². The second kappa shape index (κ2) is 5.26. The topological polar surface area (TPSA) is 52.9 Å². The predicted octanol–water partition coefficient (Wildman–Crippen LogP) is 1.26. The fourth-order valence-electron chi connectivity index (χ4n) is 1.20.